The van der Waals surface area contributed by atoms with E-state index >= 15 is 0 Å². The summed E-state index contributed by atoms with van der Waals surface area (Å²) in [6, 6.07) is 5.38. The first-order chi connectivity index (χ1) is 13.3. The molecule has 1 saturated carbocycles. The number of urea groups is 1. The van der Waals surface area contributed by atoms with Gasteiger partial charge < -0.3 is 15.2 Å². The molecule has 1 spiro atoms. The van der Waals surface area contributed by atoms with Crippen LogP contribution in [0.15, 0.2) is 24.3 Å². The van der Waals surface area contributed by atoms with Gasteiger partial charge in [-0.3, -0.25) is 15.0 Å². The van der Waals surface area contributed by atoms with Crippen molar-refractivity contribution in [1.82, 2.24) is 15.8 Å². The number of benzene rings is 1. The Morgan fingerprint density at radius 3 is 2.50 bits per heavy atom. The van der Waals surface area contributed by atoms with Crippen molar-refractivity contribution in [3.63, 3.8) is 0 Å². The first-order valence-corrected chi connectivity index (χ1v) is 9.18. The zero-order valence-electron chi connectivity index (χ0n) is 15.6. The smallest absolute Gasteiger partial charge is 0.344 e. The molecule has 0 radical (unpaired) electrons. The number of imide groups is 1. The Bertz CT molecular complexity index is 783. The maximum absolute atomic E-state index is 12.7. The number of hydrogen-bond acceptors (Lipinski definition) is 6. The zero-order chi connectivity index (χ0) is 20.3. The number of ether oxygens (including phenoxy) is 1. The molecule has 0 atom stereocenters. The number of carbonyl (C=O) groups is 4. The maximum atomic E-state index is 12.7. The highest BCUT2D eigenvalue weighted by Gasteiger charge is 2.52. The second-order valence-corrected chi connectivity index (χ2v) is 7.30. The first-order valence-electron chi connectivity index (χ1n) is 9.18. The minimum absolute atomic E-state index is 0.149. The first kappa shape index (κ1) is 19.8. The second-order valence-electron chi connectivity index (χ2n) is 7.30. The van der Waals surface area contributed by atoms with E-state index in [0.717, 1.165) is 12.8 Å². The van der Waals surface area contributed by atoms with Gasteiger partial charge in [0.15, 0.2) is 6.61 Å². The quantitative estimate of drug-likeness (QED) is 0.507. The van der Waals surface area contributed by atoms with Crippen LogP contribution >= 0.6 is 0 Å². The molecule has 1 aromatic rings. The highest BCUT2D eigenvalue weighted by molar-refractivity contribution is 6.08. The standard InChI is InChI=1S/C19H23N3O6/c1-12-6-8-19(9-7-12)17(26)22(18(27)20-19)21-15(24)11-28-16(25)14-4-2-13(10-23)3-5-14/h2-5,12,23H,6-11H2,1H3,(H,20,27)(H,21,24). The van der Waals surface area contributed by atoms with Gasteiger partial charge in [0.25, 0.3) is 11.8 Å². The number of aliphatic hydroxyl groups is 1. The molecule has 0 unspecified atom stereocenters. The summed E-state index contributed by atoms with van der Waals surface area (Å²) in [5.41, 5.74) is 2.11. The lowest BCUT2D eigenvalue weighted by molar-refractivity contribution is -0.141. The Kier molecular flexibility index (Phi) is 5.64. The number of hydrogen-bond donors (Lipinski definition) is 3. The SMILES string of the molecule is CC1CCC2(CC1)NC(=O)N(NC(=O)COC(=O)c1ccc(CO)cc1)C2=O. The van der Waals surface area contributed by atoms with E-state index in [1.165, 1.54) is 12.1 Å². The Hall–Kier alpha value is -2.94. The van der Waals surface area contributed by atoms with Crippen LogP contribution in [0.1, 0.15) is 48.5 Å². The van der Waals surface area contributed by atoms with Crippen molar-refractivity contribution >= 4 is 23.8 Å². The number of aliphatic hydroxyl groups excluding tert-OH is 1. The van der Waals surface area contributed by atoms with Crippen molar-refractivity contribution in [2.24, 2.45) is 5.92 Å². The van der Waals surface area contributed by atoms with E-state index in [0.29, 0.717) is 29.3 Å². The molecular formula is C19H23N3O6. The average molecular weight is 389 g/mol. The number of rotatable bonds is 5. The fraction of sp³-hybridized carbons (Fsp3) is 0.474. The van der Waals surface area contributed by atoms with Gasteiger partial charge in [0, 0.05) is 0 Å². The van der Waals surface area contributed by atoms with Crippen molar-refractivity contribution in [3.05, 3.63) is 35.4 Å². The van der Waals surface area contributed by atoms with Gasteiger partial charge in [-0.25, -0.2) is 9.59 Å². The Balaban J connectivity index is 1.53. The molecular weight excluding hydrogens is 366 g/mol. The highest BCUT2D eigenvalue weighted by Crippen LogP contribution is 2.35. The molecule has 9 heteroatoms. The third-order valence-electron chi connectivity index (χ3n) is 5.23. The van der Waals surface area contributed by atoms with Gasteiger partial charge >= 0.3 is 12.0 Å². The molecule has 2 fully saturated rings. The van der Waals surface area contributed by atoms with Crippen molar-refractivity contribution in [1.29, 1.82) is 0 Å². The van der Waals surface area contributed by atoms with Gasteiger partial charge in [-0.05, 0) is 49.3 Å². The van der Waals surface area contributed by atoms with E-state index in [1.807, 2.05) is 0 Å². The van der Waals surface area contributed by atoms with Crippen LogP contribution < -0.4 is 10.7 Å². The second kappa shape index (κ2) is 7.97. The molecule has 150 valence electrons. The van der Waals surface area contributed by atoms with Crippen LogP contribution in [0.4, 0.5) is 4.79 Å². The van der Waals surface area contributed by atoms with Crippen molar-refractivity contribution in [3.8, 4) is 0 Å². The molecule has 1 aliphatic carbocycles. The monoisotopic (exact) mass is 389 g/mol. The highest BCUT2D eigenvalue weighted by atomic mass is 16.5. The van der Waals surface area contributed by atoms with Crippen molar-refractivity contribution in [2.75, 3.05) is 6.61 Å². The molecule has 0 bridgehead atoms. The molecule has 3 rings (SSSR count). The summed E-state index contributed by atoms with van der Waals surface area (Å²) in [5.74, 6) is -1.51. The van der Waals surface area contributed by atoms with Gasteiger partial charge in [-0.15, -0.1) is 0 Å². The Labute approximate surface area is 162 Å². The zero-order valence-corrected chi connectivity index (χ0v) is 15.6. The fourth-order valence-corrected chi connectivity index (χ4v) is 3.43. The van der Waals surface area contributed by atoms with Crippen LogP contribution in [-0.2, 0) is 20.9 Å². The molecule has 2 aliphatic rings. The molecule has 1 saturated heterocycles. The van der Waals surface area contributed by atoms with Crippen molar-refractivity contribution in [2.45, 2.75) is 44.8 Å². The minimum atomic E-state index is -0.956. The van der Waals surface area contributed by atoms with E-state index < -0.39 is 36.0 Å². The Morgan fingerprint density at radius 1 is 1.25 bits per heavy atom. The molecule has 28 heavy (non-hydrogen) atoms. The van der Waals surface area contributed by atoms with E-state index in [-0.39, 0.29) is 12.2 Å². The van der Waals surface area contributed by atoms with Crippen molar-refractivity contribution < 1.29 is 29.0 Å². The van der Waals surface area contributed by atoms with Gasteiger partial charge in [-0.2, -0.15) is 5.01 Å². The third-order valence-corrected chi connectivity index (χ3v) is 5.23. The minimum Gasteiger partial charge on any atom is -0.452 e. The topological polar surface area (TPSA) is 125 Å². The molecule has 0 aromatic heterocycles. The van der Waals surface area contributed by atoms with Gasteiger partial charge in [0.2, 0.25) is 0 Å². The van der Waals surface area contributed by atoms with E-state index in [2.05, 4.69) is 17.7 Å². The number of amides is 4. The van der Waals surface area contributed by atoms with E-state index in [4.69, 9.17) is 9.84 Å². The molecule has 9 nitrogen and oxygen atoms in total. The van der Waals surface area contributed by atoms with E-state index in [1.54, 1.807) is 12.1 Å². The summed E-state index contributed by atoms with van der Waals surface area (Å²) >= 11 is 0. The summed E-state index contributed by atoms with van der Waals surface area (Å²) in [6.07, 6.45) is 2.70. The summed E-state index contributed by atoms with van der Waals surface area (Å²) in [6.45, 7) is 1.31. The van der Waals surface area contributed by atoms with Gasteiger partial charge in [-0.1, -0.05) is 19.1 Å². The van der Waals surface area contributed by atoms with Crippen LogP contribution in [0.25, 0.3) is 0 Å². The summed E-state index contributed by atoms with van der Waals surface area (Å²) in [5, 5.41) is 12.4. The summed E-state index contributed by atoms with van der Waals surface area (Å²) in [4.78, 5) is 48.8. The summed E-state index contributed by atoms with van der Waals surface area (Å²) in [7, 11) is 0. The lowest BCUT2D eigenvalue weighted by atomic mass is 9.77. The average Bonchev–Trinajstić information content (AvgIpc) is 2.92. The van der Waals surface area contributed by atoms with Crippen LogP contribution in [-0.4, -0.2) is 46.1 Å². The number of esters is 1. The van der Waals surface area contributed by atoms with Gasteiger partial charge in [0.1, 0.15) is 5.54 Å². The normalized spacial score (nSPS) is 24.2. The van der Waals surface area contributed by atoms with Crippen LogP contribution in [0.3, 0.4) is 0 Å². The number of hydrazine groups is 1. The largest absolute Gasteiger partial charge is 0.452 e. The predicted octanol–water partition coefficient (Wildman–Crippen LogP) is 0.868. The lowest BCUT2D eigenvalue weighted by Crippen LogP contribution is -2.52. The number of nitrogens with zero attached hydrogens (tertiary/aromatic N) is 1. The lowest BCUT2D eigenvalue weighted by Gasteiger charge is -2.33. The predicted molar refractivity (Wildman–Crippen MR) is 96.5 cm³/mol. The fourth-order valence-electron chi connectivity index (χ4n) is 3.43. The summed E-state index contributed by atoms with van der Waals surface area (Å²) < 4.78 is 4.91. The number of nitrogens with one attached hydrogen (secondary N) is 2. The maximum Gasteiger partial charge on any atom is 0.344 e. The molecule has 1 aromatic carbocycles. The van der Waals surface area contributed by atoms with E-state index in [9.17, 15) is 19.2 Å². The van der Waals surface area contributed by atoms with Crippen LogP contribution in [0.5, 0.6) is 0 Å². The molecule has 3 N–H and O–H groups in total. The van der Waals surface area contributed by atoms with Gasteiger partial charge in [0.05, 0.1) is 12.2 Å². The number of carbonyl (C=O) groups excluding carboxylic acids is 4. The van der Waals surface area contributed by atoms with Crippen LogP contribution in [0.2, 0.25) is 0 Å². The molecule has 1 aliphatic heterocycles. The Morgan fingerprint density at radius 2 is 1.89 bits per heavy atom. The molecule has 1 heterocycles. The van der Waals surface area contributed by atoms with Crippen LogP contribution in [0, 0.1) is 5.92 Å². The molecule has 4 amide bonds. The third kappa shape index (κ3) is 3.99.